The Morgan fingerprint density at radius 1 is 1.29 bits per heavy atom. The lowest BCUT2D eigenvalue weighted by Gasteiger charge is -2.42. The zero-order valence-electron chi connectivity index (χ0n) is 16.3. The van der Waals surface area contributed by atoms with E-state index in [0.29, 0.717) is 25.9 Å². The van der Waals surface area contributed by atoms with Crippen LogP contribution in [0.15, 0.2) is 29.2 Å². The zero-order valence-corrected chi connectivity index (χ0v) is 17.1. The third-order valence-electron chi connectivity index (χ3n) is 5.96. The van der Waals surface area contributed by atoms with E-state index in [4.69, 9.17) is 9.47 Å². The fraction of sp³-hybridized carbons (Fsp3) is 0.650. The molecule has 1 N–H and O–H groups in total. The molecular weight excluding hydrogens is 382 g/mol. The largest absolute Gasteiger partial charge is 0.465 e. The molecular formula is C20H29NO6S. The number of benzene rings is 1. The van der Waals surface area contributed by atoms with Crippen molar-refractivity contribution in [2.24, 2.45) is 5.41 Å². The summed E-state index contributed by atoms with van der Waals surface area (Å²) in [6.45, 7) is 1.41. The minimum absolute atomic E-state index is 0.0273. The van der Waals surface area contributed by atoms with E-state index in [1.54, 1.807) is 12.1 Å². The van der Waals surface area contributed by atoms with Gasteiger partial charge in [-0.2, -0.15) is 4.31 Å². The molecule has 2 aliphatic rings. The van der Waals surface area contributed by atoms with Crippen molar-refractivity contribution in [2.45, 2.75) is 49.5 Å². The normalized spacial score (nSPS) is 23.3. The minimum Gasteiger partial charge on any atom is -0.465 e. The van der Waals surface area contributed by atoms with Crippen molar-refractivity contribution in [3.05, 3.63) is 29.8 Å². The first-order chi connectivity index (χ1) is 13.4. The fourth-order valence-corrected chi connectivity index (χ4v) is 5.81. The Hall–Kier alpha value is -1.48. The van der Waals surface area contributed by atoms with Gasteiger partial charge in [0.05, 0.1) is 23.7 Å². The molecule has 0 aliphatic carbocycles. The molecule has 0 bridgehead atoms. The minimum atomic E-state index is -3.82. The number of aliphatic hydroxyl groups excluding tert-OH is 1. The first kappa shape index (κ1) is 21.2. The van der Waals surface area contributed by atoms with Crippen LogP contribution >= 0.6 is 0 Å². The van der Waals surface area contributed by atoms with Gasteiger partial charge in [-0.1, -0.05) is 12.1 Å². The number of ether oxygens (including phenoxy) is 2. The molecule has 2 aliphatic heterocycles. The van der Waals surface area contributed by atoms with Gasteiger partial charge in [-0.25, -0.2) is 13.2 Å². The maximum atomic E-state index is 13.1. The van der Waals surface area contributed by atoms with Crippen molar-refractivity contribution >= 4 is 16.0 Å². The van der Waals surface area contributed by atoms with Crippen LogP contribution < -0.4 is 0 Å². The molecule has 0 spiro atoms. The maximum Gasteiger partial charge on any atom is 0.339 e. The molecule has 0 unspecified atom stereocenters. The van der Waals surface area contributed by atoms with E-state index in [-0.39, 0.29) is 28.6 Å². The average molecular weight is 412 g/mol. The number of nitrogens with zero attached hydrogens (tertiary/aromatic N) is 1. The lowest BCUT2D eigenvalue weighted by molar-refractivity contribution is -0.0421. The molecule has 28 heavy (non-hydrogen) atoms. The number of sulfonamides is 1. The van der Waals surface area contributed by atoms with Crippen molar-refractivity contribution in [3.63, 3.8) is 0 Å². The van der Waals surface area contributed by atoms with Gasteiger partial charge in [0.2, 0.25) is 10.0 Å². The van der Waals surface area contributed by atoms with Crippen LogP contribution in [0.4, 0.5) is 0 Å². The van der Waals surface area contributed by atoms with Gasteiger partial charge in [0.1, 0.15) is 0 Å². The Kier molecular flexibility index (Phi) is 6.75. The van der Waals surface area contributed by atoms with E-state index < -0.39 is 16.0 Å². The summed E-state index contributed by atoms with van der Waals surface area (Å²) in [5.74, 6) is -0.671. The van der Waals surface area contributed by atoms with Crippen molar-refractivity contribution in [3.8, 4) is 0 Å². The lowest BCUT2D eigenvalue weighted by atomic mass is 9.74. The van der Waals surface area contributed by atoms with Gasteiger partial charge >= 0.3 is 5.97 Å². The van der Waals surface area contributed by atoms with Crippen LogP contribution in [0.5, 0.6) is 0 Å². The second-order valence-electron chi connectivity index (χ2n) is 7.74. The van der Waals surface area contributed by atoms with Gasteiger partial charge in [-0.15, -0.1) is 0 Å². The van der Waals surface area contributed by atoms with Crippen LogP contribution in [0.1, 0.15) is 48.9 Å². The van der Waals surface area contributed by atoms with Crippen molar-refractivity contribution in [1.29, 1.82) is 0 Å². The number of carbonyl (C=O) groups excluding carboxylic acids is 1. The molecule has 0 aromatic heterocycles. The highest BCUT2D eigenvalue weighted by Crippen LogP contribution is 2.39. The Morgan fingerprint density at radius 3 is 2.61 bits per heavy atom. The molecule has 1 aromatic carbocycles. The van der Waals surface area contributed by atoms with Crippen molar-refractivity contribution in [2.75, 3.05) is 33.4 Å². The monoisotopic (exact) mass is 411 g/mol. The third-order valence-corrected chi connectivity index (χ3v) is 7.92. The van der Waals surface area contributed by atoms with Gasteiger partial charge in [0.15, 0.2) is 0 Å². The van der Waals surface area contributed by atoms with Crippen molar-refractivity contribution < 1.29 is 27.8 Å². The van der Waals surface area contributed by atoms with E-state index in [1.165, 1.54) is 23.5 Å². The zero-order chi connectivity index (χ0) is 20.2. The van der Waals surface area contributed by atoms with Crippen molar-refractivity contribution in [1.82, 2.24) is 4.31 Å². The smallest absolute Gasteiger partial charge is 0.339 e. The number of esters is 1. The Bertz CT molecular complexity index is 780. The molecule has 0 amide bonds. The van der Waals surface area contributed by atoms with E-state index >= 15 is 0 Å². The number of aliphatic hydroxyl groups is 1. The summed E-state index contributed by atoms with van der Waals surface area (Å²) in [5, 5.41) is 10.0. The molecule has 3 rings (SSSR count). The number of hydrogen-bond donors (Lipinski definition) is 1. The van der Waals surface area contributed by atoms with Crippen LogP contribution in [-0.2, 0) is 19.5 Å². The lowest BCUT2D eigenvalue weighted by Crippen LogP contribution is -2.46. The van der Waals surface area contributed by atoms with Crippen LogP contribution in [-0.4, -0.2) is 63.3 Å². The number of hydrogen-bond acceptors (Lipinski definition) is 6. The molecule has 7 nitrogen and oxygen atoms in total. The molecule has 2 heterocycles. The standard InChI is InChI=1S/C20H29NO6S/c1-26-19(23)17-7-2-3-8-18(17)28(24,25)21-11-9-20(15-22,10-12-21)14-16-6-4-5-13-27-16/h2-3,7-8,16,22H,4-6,9-15H2,1H3/t16-/m0/s1. The highest BCUT2D eigenvalue weighted by molar-refractivity contribution is 7.89. The number of carbonyl (C=O) groups is 1. The molecule has 8 heteroatoms. The Balaban J connectivity index is 1.74. The SMILES string of the molecule is COC(=O)c1ccccc1S(=O)(=O)N1CCC(CO)(C[C@@H]2CCCCO2)CC1. The number of piperidine rings is 1. The summed E-state index contributed by atoms with van der Waals surface area (Å²) in [5.41, 5.74) is -0.268. The van der Waals surface area contributed by atoms with Crippen LogP contribution in [0.3, 0.4) is 0 Å². The first-order valence-electron chi connectivity index (χ1n) is 9.82. The summed E-state index contributed by atoms with van der Waals surface area (Å²) < 4.78 is 38.3. The third kappa shape index (κ3) is 4.40. The number of rotatable bonds is 6. The predicted molar refractivity (Wildman–Crippen MR) is 104 cm³/mol. The summed E-state index contributed by atoms with van der Waals surface area (Å²) >= 11 is 0. The predicted octanol–water partition coefficient (Wildman–Crippen LogP) is 2.20. The van der Waals surface area contributed by atoms with E-state index in [9.17, 15) is 18.3 Å². The van der Waals surface area contributed by atoms with Crippen LogP contribution in [0.25, 0.3) is 0 Å². The summed E-state index contributed by atoms with van der Waals surface area (Å²) in [6, 6.07) is 6.11. The highest BCUT2D eigenvalue weighted by atomic mass is 32.2. The molecule has 2 fully saturated rings. The molecule has 2 saturated heterocycles. The quantitative estimate of drug-likeness (QED) is 0.722. The Morgan fingerprint density at radius 2 is 2.00 bits per heavy atom. The van der Waals surface area contributed by atoms with Gasteiger partial charge in [-0.05, 0) is 56.1 Å². The molecule has 0 radical (unpaired) electrons. The first-order valence-corrected chi connectivity index (χ1v) is 11.3. The van der Waals surface area contributed by atoms with E-state index in [1.807, 2.05) is 0 Å². The molecule has 0 saturated carbocycles. The second-order valence-corrected chi connectivity index (χ2v) is 9.65. The average Bonchev–Trinajstić information content (AvgIpc) is 2.74. The Labute approximate surface area is 166 Å². The van der Waals surface area contributed by atoms with Gasteiger partial charge in [-0.3, -0.25) is 0 Å². The maximum absolute atomic E-state index is 13.1. The van der Waals surface area contributed by atoms with Gasteiger partial charge < -0.3 is 14.6 Å². The number of methoxy groups -OCH3 is 1. The molecule has 1 atom stereocenters. The van der Waals surface area contributed by atoms with Gasteiger partial charge in [0, 0.05) is 26.3 Å². The summed E-state index contributed by atoms with van der Waals surface area (Å²) in [6.07, 6.45) is 5.26. The fourth-order valence-electron chi connectivity index (χ4n) is 4.19. The highest BCUT2D eigenvalue weighted by Gasteiger charge is 2.40. The van der Waals surface area contributed by atoms with E-state index in [2.05, 4.69) is 0 Å². The summed E-state index contributed by atoms with van der Waals surface area (Å²) in [4.78, 5) is 11.9. The van der Waals surface area contributed by atoms with Crippen LogP contribution in [0, 0.1) is 5.41 Å². The molecule has 1 aromatic rings. The summed E-state index contributed by atoms with van der Waals surface area (Å²) in [7, 11) is -2.59. The van der Waals surface area contributed by atoms with Crippen LogP contribution in [0.2, 0.25) is 0 Å². The topological polar surface area (TPSA) is 93.1 Å². The molecule has 156 valence electrons. The second kappa shape index (κ2) is 8.90. The van der Waals surface area contributed by atoms with E-state index in [0.717, 1.165) is 32.3 Å². The van der Waals surface area contributed by atoms with Gasteiger partial charge in [0.25, 0.3) is 0 Å².